The van der Waals surface area contributed by atoms with E-state index in [1.54, 1.807) is 19.1 Å². The number of hydrogen-bond donors (Lipinski definition) is 3. The summed E-state index contributed by atoms with van der Waals surface area (Å²) in [4.78, 5) is 26.9. The van der Waals surface area contributed by atoms with Crippen molar-refractivity contribution in [2.45, 2.75) is 75.3 Å². The summed E-state index contributed by atoms with van der Waals surface area (Å²) in [5.74, 6) is -2.94. The Labute approximate surface area is 268 Å². The van der Waals surface area contributed by atoms with Gasteiger partial charge in [-0.3, -0.25) is 9.59 Å². The highest BCUT2D eigenvalue weighted by molar-refractivity contribution is 6.05. The van der Waals surface area contributed by atoms with Gasteiger partial charge in [0.25, 0.3) is 5.97 Å². The van der Waals surface area contributed by atoms with Crippen molar-refractivity contribution in [2.75, 3.05) is 13.7 Å². The first-order valence-corrected chi connectivity index (χ1v) is 15.9. The molecule has 9 heteroatoms. The molecular weight excluding hydrogens is 586 g/mol. The van der Waals surface area contributed by atoms with E-state index < -0.39 is 40.7 Å². The Balaban J connectivity index is 1.27. The average molecular weight is 628 g/mol. The zero-order valence-corrected chi connectivity index (χ0v) is 26.7. The van der Waals surface area contributed by atoms with Crippen molar-refractivity contribution in [3.63, 3.8) is 0 Å². The average Bonchev–Trinajstić information content (AvgIpc) is 3.32. The van der Waals surface area contributed by atoms with Crippen LogP contribution in [0.2, 0.25) is 0 Å². The molecule has 7 rings (SSSR count). The fourth-order valence-corrected chi connectivity index (χ4v) is 8.80. The van der Waals surface area contributed by atoms with Crippen LogP contribution in [-0.2, 0) is 36.6 Å². The predicted octanol–water partition coefficient (Wildman–Crippen LogP) is 4.32. The number of rotatable bonds is 8. The number of hydrogen-bond acceptors (Lipinski definition) is 8. The van der Waals surface area contributed by atoms with Gasteiger partial charge in [-0.2, -0.15) is 0 Å². The summed E-state index contributed by atoms with van der Waals surface area (Å²) < 4.78 is 26.1. The minimum atomic E-state index is -1.76. The van der Waals surface area contributed by atoms with Crippen molar-refractivity contribution in [1.82, 2.24) is 5.32 Å². The van der Waals surface area contributed by atoms with Gasteiger partial charge in [-0.05, 0) is 60.6 Å². The number of Topliss-reactive ketones (excluding diaryl/α,β-unsaturated/α-hetero) is 1. The van der Waals surface area contributed by atoms with E-state index in [1.165, 1.54) is 13.2 Å². The van der Waals surface area contributed by atoms with Gasteiger partial charge in [-0.1, -0.05) is 67.6 Å². The lowest BCUT2D eigenvalue weighted by Crippen LogP contribution is -2.70. The lowest BCUT2D eigenvalue weighted by molar-refractivity contribution is -0.421. The molecule has 2 aliphatic heterocycles. The quantitative estimate of drug-likeness (QED) is 0.370. The normalized spacial score (nSPS) is 37.1. The minimum Gasteiger partial charge on any atom is -0.504 e. The first-order chi connectivity index (χ1) is 21.9. The van der Waals surface area contributed by atoms with E-state index in [0.29, 0.717) is 29.6 Å². The van der Waals surface area contributed by atoms with Gasteiger partial charge in [-0.15, -0.1) is 0 Å². The monoisotopic (exact) mass is 627 g/mol. The van der Waals surface area contributed by atoms with Crippen molar-refractivity contribution in [2.24, 2.45) is 17.8 Å². The maximum absolute atomic E-state index is 13.8. The molecular formula is C37H41NO8. The van der Waals surface area contributed by atoms with E-state index in [-0.39, 0.29) is 48.5 Å². The van der Waals surface area contributed by atoms with Crippen LogP contribution in [0.1, 0.15) is 44.7 Å². The van der Waals surface area contributed by atoms with Crippen molar-refractivity contribution in [3.8, 4) is 11.5 Å². The largest absolute Gasteiger partial charge is 0.504 e. The van der Waals surface area contributed by atoms with Crippen LogP contribution in [0.5, 0.6) is 11.5 Å². The number of aromatic hydroxyl groups is 1. The number of amides is 1. The fourth-order valence-electron chi connectivity index (χ4n) is 8.80. The molecule has 1 saturated carbocycles. The Morgan fingerprint density at radius 2 is 1.89 bits per heavy atom. The van der Waals surface area contributed by atoms with Crippen LogP contribution in [0.15, 0.2) is 84.0 Å². The van der Waals surface area contributed by atoms with Gasteiger partial charge in [0.1, 0.15) is 17.3 Å². The second-order valence-corrected chi connectivity index (χ2v) is 13.8. The predicted molar refractivity (Wildman–Crippen MR) is 169 cm³/mol. The molecule has 3 N–H and O–H groups in total. The number of fused-ring (bicyclic) bond motifs is 2. The summed E-state index contributed by atoms with van der Waals surface area (Å²) in [5.41, 5.74) is 0.0668. The summed E-state index contributed by atoms with van der Waals surface area (Å²) in [7, 11) is 1.45. The second-order valence-electron chi connectivity index (χ2n) is 13.8. The van der Waals surface area contributed by atoms with Crippen LogP contribution in [-0.4, -0.2) is 64.4 Å². The number of phenols is 1. The van der Waals surface area contributed by atoms with Gasteiger partial charge in [0.05, 0.1) is 25.6 Å². The molecule has 0 spiro atoms. The highest BCUT2D eigenvalue weighted by Crippen LogP contribution is 2.68. The molecule has 0 aromatic heterocycles. The van der Waals surface area contributed by atoms with E-state index >= 15 is 0 Å². The van der Waals surface area contributed by atoms with Crippen LogP contribution in [0, 0.1) is 17.8 Å². The van der Waals surface area contributed by atoms with Gasteiger partial charge in [0.15, 0.2) is 17.3 Å². The molecule has 242 valence electrons. The zero-order valence-electron chi connectivity index (χ0n) is 26.7. The Morgan fingerprint density at radius 3 is 2.61 bits per heavy atom. The number of phenolic OH excluding ortho intramolecular Hbond substituents is 1. The Kier molecular flexibility index (Phi) is 7.14. The number of aliphatic hydroxyl groups is 1. The van der Waals surface area contributed by atoms with Crippen molar-refractivity contribution in [3.05, 3.63) is 95.1 Å². The van der Waals surface area contributed by atoms with E-state index in [9.17, 15) is 19.8 Å². The van der Waals surface area contributed by atoms with Crippen LogP contribution in [0.25, 0.3) is 0 Å². The molecule has 8 atom stereocenters. The SMILES string of the molecule is C=C(C)[C@]12C[C@@H](C)[C@@]34O[C@](Cc5ccccc5)(O[C@@H]1[C@@H]3C=C(CNC(=O)Cc1ccc(O)c(OC)c1)C[C@]1(O)C(=O)C(C)=C[C@@H]41)O2. The molecule has 9 nitrogen and oxygen atoms in total. The highest BCUT2D eigenvalue weighted by Gasteiger charge is 2.79. The second kappa shape index (κ2) is 10.6. The van der Waals surface area contributed by atoms with Gasteiger partial charge in [0.2, 0.25) is 5.91 Å². The first-order valence-electron chi connectivity index (χ1n) is 15.9. The third-order valence-electron chi connectivity index (χ3n) is 10.9. The molecule has 2 heterocycles. The van der Waals surface area contributed by atoms with E-state index in [1.807, 2.05) is 43.3 Å². The minimum absolute atomic E-state index is 0.00575. The lowest BCUT2D eigenvalue weighted by atomic mass is 9.55. The number of benzene rings is 2. The maximum atomic E-state index is 13.8. The lowest BCUT2D eigenvalue weighted by Gasteiger charge is -2.59. The standard InChI is InChI=1S/C37H41NO8/c1-21(2)35-17-23(4)37-27(33(35)44-36(45-35,46-37)19-24-9-7-6-8-10-24)14-26(18-34(42)30(37)13-22(3)32(34)41)20-38-31(40)16-25-11-12-28(39)29(15-25)43-5/h6-15,23,27,30,33,39,42H,1,16-20H2,2-5H3,(H,38,40)/t23-,27+,30-,33-,34-,35-,36-,37-/m1/s1. The van der Waals surface area contributed by atoms with Gasteiger partial charge in [-0.25, -0.2) is 0 Å². The number of methoxy groups -OCH3 is 1. The van der Waals surface area contributed by atoms with Gasteiger partial charge < -0.3 is 34.5 Å². The summed E-state index contributed by atoms with van der Waals surface area (Å²) in [6.45, 7) is 10.3. The Bertz CT molecular complexity index is 1680. The Morgan fingerprint density at radius 1 is 1.13 bits per heavy atom. The Hall–Kier alpha value is -3.76. The number of nitrogens with one attached hydrogen (secondary N) is 1. The zero-order chi connectivity index (χ0) is 32.6. The van der Waals surface area contributed by atoms with Crippen molar-refractivity contribution >= 4 is 11.7 Å². The van der Waals surface area contributed by atoms with Crippen molar-refractivity contribution < 1.29 is 38.7 Å². The van der Waals surface area contributed by atoms with E-state index in [2.05, 4.69) is 24.9 Å². The molecule has 0 unspecified atom stereocenters. The molecule has 3 bridgehead atoms. The number of ketones is 1. The number of carbonyl (C=O) groups is 2. The van der Waals surface area contributed by atoms with Gasteiger partial charge in [0, 0.05) is 24.8 Å². The van der Waals surface area contributed by atoms with Gasteiger partial charge >= 0.3 is 0 Å². The van der Waals surface area contributed by atoms with Crippen molar-refractivity contribution in [1.29, 1.82) is 0 Å². The fraction of sp³-hybridized carbons (Fsp3) is 0.459. The third kappa shape index (κ3) is 4.43. The maximum Gasteiger partial charge on any atom is 0.289 e. The molecule has 3 fully saturated rings. The smallest absolute Gasteiger partial charge is 0.289 e. The third-order valence-corrected chi connectivity index (χ3v) is 10.9. The number of carbonyl (C=O) groups excluding carboxylic acids is 2. The topological polar surface area (TPSA) is 124 Å². The van der Waals surface area contributed by atoms with Crippen LogP contribution < -0.4 is 10.1 Å². The number of ether oxygens (including phenoxy) is 4. The summed E-state index contributed by atoms with van der Waals surface area (Å²) in [6, 6.07) is 14.7. The molecule has 1 amide bonds. The molecule has 3 aliphatic carbocycles. The summed E-state index contributed by atoms with van der Waals surface area (Å²) in [5, 5.41) is 25.3. The molecule has 2 saturated heterocycles. The van der Waals surface area contributed by atoms with E-state index in [4.69, 9.17) is 18.9 Å². The molecule has 0 radical (unpaired) electrons. The molecule has 2 aromatic rings. The molecule has 2 aromatic carbocycles. The molecule has 5 aliphatic rings. The van der Waals surface area contributed by atoms with Crippen LogP contribution >= 0.6 is 0 Å². The highest BCUT2D eigenvalue weighted by atomic mass is 16.9. The van der Waals surface area contributed by atoms with Crippen LogP contribution in [0.3, 0.4) is 0 Å². The molecule has 46 heavy (non-hydrogen) atoms. The summed E-state index contributed by atoms with van der Waals surface area (Å²) in [6.07, 6.45) is 4.45. The summed E-state index contributed by atoms with van der Waals surface area (Å²) >= 11 is 0. The van der Waals surface area contributed by atoms with E-state index in [0.717, 1.165) is 11.1 Å². The van der Waals surface area contributed by atoms with Crippen LogP contribution in [0.4, 0.5) is 0 Å². The first kappa shape index (κ1) is 30.9.